The molecule has 134 valence electrons. The van der Waals surface area contributed by atoms with Crippen LogP contribution in [-0.4, -0.2) is 18.8 Å². The number of methoxy groups -OCH3 is 1. The van der Waals surface area contributed by atoms with Gasteiger partial charge in [-0.3, -0.25) is 0 Å². The highest BCUT2D eigenvalue weighted by atomic mass is 16.5. The van der Waals surface area contributed by atoms with Gasteiger partial charge >= 0.3 is 5.63 Å². The van der Waals surface area contributed by atoms with Crippen LogP contribution in [0.4, 0.5) is 0 Å². The van der Waals surface area contributed by atoms with Crippen LogP contribution in [0.3, 0.4) is 0 Å². The van der Waals surface area contributed by atoms with Crippen LogP contribution < -0.4 is 15.1 Å². The molecule has 2 rings (SSSR count). The van der Waals surface area contributed by atoms with Gasteiger partial charge in [0.05, 0.1) is 12.5 Å². The Balaban J connectivity index is 2.13. The van der Waals surface area contributed by atoms with Crippen molar-refractivity contribution >= 4 is 11.0 Å². The van der Waals surface area contributed by atoms with Crippen LogP contribution in [0, 0.1) is 0 Å². The molecule has 25 heavy (non-hydrogen) atoms. The quantitative estimate of drug-likeness (QED) is 0.588. The molecule has 5 heteroatoms. The van der Waals surface area contributed by atoms with Gasteiger partial charge in [0.15, 0.2) is 5.75 Å². The Morgan fingerprint density at radius 1 is 1.24 bits per heavy atom. The fourth-order valence-electron chi connectivity index (χ4n) is 2.36. The van der Waals surface area contributed by atoms with E-state index in [1.165, 1.54) is 12.7 Å². The lowest BCUT2D eigenvalue weighted by molar-refractivity contribution is 0.317. The molecule has 0 spiro atoms. The van der Waals surface area contributed by atoms with Crippen molar-refractivity contribution in [3.8, 4) is 17.2 Å². The fourth-order valence-corrected chi connectivity index (χ4v) is 2.36. The summed E-state index contributed by atoms with van der Waals surface area (Å²) < 4.78 is 15.8. The molecule has 1 heterocycles. The highest BCUT2D eigenvalue weighted by Gasteiger charge is 2.15. The van der Waals surface area contributed by atoms with Gasteiger partial charge in [-0.15, -0.1) is 0 Å². The summed E-state index contributed by atoms with van der Waals surface area (Å²) >= 11 is 0. The summed E-state index contributed by atoms with van der Waals surface area (Å²) in [7, 11) is 1.52. The molecule has 0 amide bonds. The van der Waals surface area contributed by atoms with Crippen molar-refractivity contribution in [3.05, 3.63) is 51.9 Å². The number of aromatic hydroxyl groups is 1. The van der Waals surface area contributed by atoms with Gasteiger partial charge in [-0.1, -0.05) is 17.2 Å². The minimum absolute atomic E-state index is 0.175. The van der Waals surface area contributed by atoms with E-state index >= 15 is 0 Å². The number of fused-ring (bicyclic) bond motifs is 1. The van der Waals surface area contributed by atoms with Gasteiger partial charge in [-0.25, -0.2) is 4.79 Å². The average Bonchev–Trinajstić information content (AvgIpc) is 2.56. The molecule has 0 atom stereocenters. The first-order valence-electron chi connectivity index (χ1n) is 8.18. The Morgan fingerprint density at radius 3 is 2.68 bits per heavy atom. The summed E-state index contributed by atoms with van der Waals surface area (Å²) in [6.07, 6.45) is 5.97. The first-order valence-corrected chi connectivity index (χ1v) is 8.18. The van der Waals surface area contributed by atoms with Gasteiger partial charge in [-0.05, 0) is 51.8 Å². The van der Waals surface area contributed by atoms with E-state index in [9.17, 15) is 9.90 Å². The summed E-state index contributed by atoms with van der Waals surface area (Å²) in [5, 5.41) is 10.7. The molecule has 0 saturated carbocycles. The normalized spacial score (nSPS) is 11.4. The molecule has 0 aliphatic rings. The molecule has 0 aliphatic carbocycles. The number of rotatable bonds is 7. The van der Waals surface area contributed by atoms with Crippen LogP contribution in [0.5, 0.6) is 17.2 Å². The molecular weight excluding hydrogens is 320 g/mol. The van der Waals surface area contributed by atoms with Crippen LogP contribution in [0.2, 0.25) is 0 Å². The monoisotopic (exact) mass is 344 g/mol. The van der Waals surface area contributed by atoms with Crippen LogP contribution in [0.15, 0.2) is 50.7 Å². The highest BCUT2D eigenvalue weighted by molar-refractivity contribution is 5.86. The van der Waals surface area contributed by atoms with Crippen molar-refractivity contribution in [1.29, 1.82) is 0 Å². The lowest BCUT2D eigenvalue weighted by Gasteiger charge is -2.08. The van der Waals surface area contributed by atoms with E-state index in [4.69, 9.17) is 13.9 Å². The molecule has 0 saturated heterocycles. The minimum atomic E-state index is -0.714. The Bertz CT molecular complexity index is 854. The predicted molar refractivity (Wildman–Crippen MR) is 98.6 cm³/mol. The van der Waals surface area contributed by atoms with Gasteiger partial charge in [-0.2, -0.15) is 0 Å². The highest BCUT2D eigenvalue weighted by Crippen LogP contribution is 2.33. The van der Waals surface area contributed by atoms with Crippen LogP contribution in [0.1, 0.15) is 33.6 Å². The first-order chi connectivity index (χ1) is 11.9. The molecule has 0 unspecified atom stereocenters. The van der Waals surface area contributed by atoms with Crippen molar-refractivity contribution in [2.24, 2.45) is 0 Å². The van der Waals surface area contributed by atoms with Crippen molar-refractivity contribution in [3.63, 3.8) is 0 Å². The van der Waals surface area contributed by atoms with Gasteiger partial charge in [0.1, 0.15) is 17.9 Å². The van der Waals surface area contributed by atoms with Crippen molar-refractivity contribution in [1.82, 2.24) is 0 Å². The van der Waals surface area contributed by atoms with Crippen LogP contribution >= 0.6 is 0 Å². The van der Waals surface area contributed by atoms with E-state index in [1.807, 2.05) is 13.0 Å². The number of hydrogen-bond donors (Lipinski definition) is 1. The average molecular weight is 344 g/mol. The second-order valence-electron chi connectivity index (χ2n) is 6.11. The third-order valence-corrected chi connectivity index (χ3v) is 3.80. The molecule has 0 bridgehead atoms. The zero-order chi connectivity index (χ0) is 18.4. The van der Waals surface area contributed by atoms with E-state index in [0.29, 0.717) is 11.1 Å². The van der Waals surface area contributed by atoms with Crippen LogP contribution in [0.25, 0.3) is 11.0 Å². The topological polar surface area (TPSA) is 68.9 Å². The molecular formula is C20H24O5. The Kier molecular flexibility index (Phi) is 6.28. The molecule has 1 aromatic heterocycles. The van der Waals surface area contributed by atoms with E-state index in [0.717, 1.165) is 18.4 Å². The lowest BCUT2D eigenvalue weighted by Crippen LogP contribution is -2.07. The third kappa shape index (κ3) is 4.89. The smallest absolute Gasteiger partial charge is 0.383 e. The van der Waals surface area contributed by atoms with Gasteiger partial charge in [0, 0.05) is 6.07 Å². The van der Waals surface area contributed by atoms with Gasteiger partial charge < -0.3 is 19.0 Å². The molecule has 1 aromatic carbocycles. The first kappa shape index (κ1) is 18.6. The molecule has 2 aromatic rings. The fraction of sp³-hybridized carbons (Fsp3) is 0.350. The maximum atomic E-state index is 12.1. The standard InChI is InChI=1S/C20H24O5/c1-13(2)6-5-7-14(3)10-11-24-19-18(21)16-9-8-15(23-4)12-17(16)25-20(19)22/h6,8-10,12,21H,5,7,11H2,1-4H3/b14-10+. The van der Waals surface area contributed by atoms with Gasteiger partial charge in [0.2, 0.25) is 5.75 Å². The molecule has 0 radical (unpaired) electrons. The maximum absolute atomic E-state index is 12.1. The second-order valence-corrected chi connectivity index (χ2v) is 6.11. The lowest BCUT2D eigenvalue weighted by atomic mass is 10.1. The maximum Gasteiger partial charge on any atom is 0.383 e. The van der Waals surface area contributed by atoms with Crippen molar-refractivity contribution in [2.75, 3.05) is 13.7 Å². The predicted octanol–water partition coefficient (Wildman–Crippen LogP) is 4.58. The molecule has 0 aliphatic heterocycles. The summed E-state index contributed by atoms with van der Waals surface area (Å²) in [6, 6.07) is 4.85. The summed E-state index contributed by atoms with van der Waals surface area (Å²) in [5.74, 6) is 0.147. The number of allylic oxidation sites excluding steroid dienone is 3. The van der Waals surface area contributed by atoms with E-state index in [2.05, 4.69) is 19.9 Å². The Hall–Kier alpha value is -2.69. The number of benzene rings is 1. The molecule has 1 N–H and O–H groups in total. The van der Waals surface area contributed by atoms with E-state index in [1.54, 1.807) is 18.2 Å². The zero-order valence-electron chi connectivity index (χ0n) is 15.1. The molecule has 0 fully saturated rings. The van der Waals surface area contributed by atoms with E-state index < -0.39 is 5.63 Å². The van der Waals surface area contributed by atoms with Crippen LogP contribution in [-0.2, 0) is 0 Å². The Labute approximate surface area is 147 Å². The minimum Gasteiger partial charge on any atom is -0.504 e. The number of ether oxygens (including phenoxy) is 2. The molecule has 5 nitrogen and oxygen atoms in total. The summed E-state index contributed by atoms with van der Waals surface area (Å²) in [4.78, 5) is 12.1. The zero-order valence-corrected chi connectivity index (χ0v) is 15.1. The summed E-state index contributed by atoms with van der Waals surface area (Å²) in [6.45, 7) is 6.34. The van der Waals surface area contributed by atoms with Crippen molar-refractivity contribution < 1.29 is 19.0 Å². The Morgan fingerprint density at radius 2 is 2.00 bits per heavy atom. The summed E-state index contributed by atoms with van der Waals surface area (Å²) in [5.41, 5.74) is 1.99. The van der Waals surface area contributed by atoms with Crippen molar-refractivity contribution in [2.45, 2.75) is 33.6 Å². The number of hydrogen-bond acceptors (Lipinski definition) is 5. The third-order valence-electron chi connectivity index (χ3n) is 3.80. The van der Waals surface area contributed by atoms with Gasteiger partial charge in [0.25, 0.3) is 0 Å². The largest absolute Gasteiger partial charge is 0.504 e. The SMILES string of the molecule is COc1ccc2c(O)c(OC/C=C(\C)CCC=C(C)C)c(=O)oc2c1. The second kappa shape index (κ2) is 8.42. The van der Waals surface area contributed by atoms with E-state index in [-0.39, 0.29) is 23.7 Å².